The first-order chi connectivity index (χ1) is 16.9. The molecule has 0 radical (unpaired) electrons. The van der Waals surface area contributed by atoms with Gasteiger partial charge in [-0.1, -0.05) is 18.2 Å². The number of carbonyl (C=O) groups excluding carboxylic acids is 1. The van der Waals surface area contributed by atoms with Gasteiger partial charge in [0.15, 0.2) is 11.5 Å². The molecule has 1 aliphatic heterocycles. The third-order valence-corrected chi connectivity index (χ3v) is 7.33. The Morgan fingerprint density at radius 3 is 2.46 bits per heavy atom. The fourth-order valence-corrected chi connectivity index (χ4v) is 5.03. The lowest BCUT2D eigenvalue weighted by Gasteiger charge is -2.23. The molecule has 1 saturated carbocycles. The number of hydrogen-bond donors (Lipinski definition) is 1. The predicted molar refractivity (Wildman–Crippen MR) is 131 cm³/mol. The summed E-state index contributed by atoms with van der Waals surface area (Å²) in [6, 6.07) is 18.9. The van der Waals surface area contributed by atoms with Gasteiger partial charge in [0.05, 0.1) is 12.0 Å². The van der Waals surface area contributed by atoms with Gasteiger partial charge >= 0.3 is 0 Å². The van der Waals surface area contributed by atoms with Crippen LogP contribution in [0.2, 0.25) is 0 Å². The van der Waals surface area contributed by atoms with Gasteiger partial charge in [-0.05, 0) is 60.9 Å². The van der Waals surface area contributed by atoms with Crippen LogP contribution in [0.4, 0.5) is 5.69 Å². The monoisotopic (exact) mass is 494 g/mol. The third-order valence-electron chi connectivity index (χ3n) is 5.95. The molecule has 0 saturated heterocycles. The Morgan fingerprint density at radius 1 is 1.00 bits per heavy atom. The van der Waals surface area contributed by atoms with E-state index in [0.717, 1.165) is 24.2 Å². The average molecular weight is 495 g/mol. The quantitative estimate of drug-likeness (QED) is 0.507. The summed E-state index contributed by atoms with van der Waals surface area (Å²) in [6.45, 7) is 1.26. The van der Waals surface area contributed by atoms with Gasteiger partial charge in [0.25, 0.3) is 15.9 Å². The van der Waals surface area contributed by atoms with Crippen molar-refractivity contribution in [3.8, 4) is 17.2 Å². The van der Waals surface area contributed by atoms with E-state index >= 15 is 0 Å². The third kappa shape index (κ3) is 5.19. The zero-order chi connectivity index (χ0) is 24.4. The highest BCUT2D eigenvalue weighted by atomic mass is 32.2. The van der Waals surface area contributed by atoms with Crippen molar-refractivity contribution in [1.29, 1.82) is 0 Å². The first-order valence-corrected chi connectivity index (χ1v) is 12.9. The fourth-order valence-electron chi connectivity index (χ4n) is 3.97. The van der Waals surface area contributed by atoms with Crippen LogP contribution in [0.1, 0.15) is 28.8 Å². The first kappa shape index (κ1) is 23.0. The highest BCUT2D eigenvalue weighted by Gasteiger charge is 2.33. The molecule has 182 valence electrons. The Bertz CT molecular complexity index is 1340. The van der Waals surface area contributed by atoms with Crippen LogP contribution in [-0.2, 0) is 16.6 Å². The Kier molecular flexibility index (Phi) is 6.25. The molecule has 0 spiro atoms. The van der Waals surface area contributed by atoms with E-state index in [1.165, 1.54) is 12.1 Å². The van der Waals surface area contributed by atoms with Gasteiger partial charge in [-0.15, -0.1) is 0 Å². The second kappa shape index (κ2) is 9.50. The molecule has 0 atom stereocenters. The van der Waals surface area contributed by atoms with E-state index in [1.807, 2.05) is 29.2 Å². The maximum Gasteiger partial charge on any atom is 0.262 e. The van der Waals surface area contributed by atoms with Crippen LogP contribution < -0.4 is 18.9 Å². The SMILES string of the molecule is COc1ccc(CN(C(=O)c2cccc(NS(=O)(=O)c3ccc4c(c3)OCCO4)c2)C2CC2)cc1. The summed E-state index contributed by atoms with van der Waals surface area (Å²) in [5.41, 5.74) is 1.74. The molecule has 35 heavy (non-hydrogen) atoms. The van der Waals surface area contributed by atoms with Crippen molar-refractivity contribution in [3.63, 3.8) is 0 Å². The number of methoxy groups -OCH3 is 1. The highest BCUT2D eigenvalue weighted by Crippen LogP contribution is 2.33. The lowest BCUT2D eigenvalue weighted by atomic mass is 10.1. The molecule has 5 rings (SSSR count). The average Bonchev–Trinajstić information content (AvgIpc) is 3.72. The Hall–Kier alpha value is -3.72. The van der Waals surface area contributed by atoms with E-state index in [0.29, 0.717) is 42.5 Å². The summed E-state index contributed by atoms with van der Waals surface area (Å²) in [5.74, 6) is 1.53. The molecule has 3 aromatic carbocycles. The zero-order valence-electron chi connectivity index (χ0n) is 19.3. The summed E-state index contributed by atoms with van der Waals surface area (Å²) in [4.78, 5) is 15.3. The lowest BCUT2D eigenvalue weighted by molar-refractivity contribution is 0.0730. The number of carbonyl (C=O) groups is 1. The van der Waals surface area contributed by atoms with Crippen molar-refractivity contribution >= 4 is 21.6 Å². The molecular formula is C26H26N2O6S. The summed E-state index contributed by atoms with van der Waals surface area (Å²) in [6.07, 6.45) is 1.91. The molecule has 1 fully saturated rings. The summed E-state index contributed by atoms with van der Waals surface area (Å²) in [7, 11) is -2.28. The fraction of sp³-hybridized carbons (Fsp3) is 0.269. The highest BCUT2D eigenvalue weighted by molar-refractivity contribution is 7.92. The molecule has 0 aromatic heterocycles. The van der Waals surface area contributed by atoms with Gasteiger partial charge in [0, 0.05) is 29.9 Å². The molecule has 1 heterocycles. The molecule has 2 aliphatic rings. The lowest BCUT2D eigenvalue weighted by Crippen LogP contribution is -2.32. The topological polar surface area (TPSA) is 94.2 Å². The molecule has 1 N–H and O–H groups in total. The van der Waals surface area contributed by atoms with E-state index in [2.05, 4.69) is 4.72 Å². The van der Waals surface area contributed by atoms with Crippen molar-refractivity contribution < 1.29 is 27.4 Å². The Balaban J connectivity index is 1.34. The molecule has 0 bridgehead atoms. The standard InChI is InChI=1S/C26H26N2O6S/c1-32-22-9-5-18(6-10-22)17-28(21-7-8-21)26(29)19-3-2-4-20(15-19)27-35(30,31)23-11-12-24-25(16-23)34-14-13-33-24/h2-6,9-12,15-16,21,27H,7-8,13-14,17H2,1H3. The summed E-state index contributed by atoms with van der Waals surface area (Å²) in [5, 5.41) is 0. The maximum absolute atomic E-state index is 13.4. The molecule has 8 nitrogen and oxygen atoms in total. The van der Waals surface area contributed by atoms with E-state index in [1.54, 1.807) is 37.4 Å². The van der Waals surface area contributed by atoms with Crippen LogP contribution in [0, 0.1) is 0 Å². The number of fused-ring (bicyclic) bond motifs is 1. The normalized spacial score (nSPS) is 14.8. The number of benzene rings is 3. The minimum Gasteiger partial charge on any atom is -0.497 e. The molecule has 3 aromatic rings. The van der Waals surface area contributed by atoms with E-state index in [-0.39, 0.29) is 16.8 Å². The van der Waals surface area contributed by atoms with E-state index in [4.69, 9.17) is 14.2 Å². The van der Waals surface area contributed by atoms with Gasteiger partial charge < -0.3 is 19.1 Å². The Morgan fingerprint density at radius 2 is 1.74 bits per heavy atom. The second-order valence-corrected chi connectivity index (χ2v) is 10.2. The number of rotatable bonds is 8. The smallest absolute Gasteiger partial charge is 0.262 e. The van der Waals surface area contributed by atoms with Crippen molar-refractivity contribution in [2.24, 2.45) is 0 Å². The summed E-state index contributed by atoms with van der Waals surface area (Å²) < 4.78 is 44.8. The van der Waals surface area contributed by atoms with Crippen molar-refractivity contribution in [1.82, 2.24) is 4.90 Å². The number of anilines is 1. The predicted octanol–water partition coefficient (Wildman–Crippen LogP) is 4.07. The van der Waals surface area contributed by atoms with Crippen LogP contribution >= 0.6 is 0 Å². The zero-order valence-corrected chi connectivity index (χ0v) is 20.1. The second-order valence-electron chi connectivity index (χ2n) is 8.50. The number of sulfonamides is 1. The van der Waals surface area contributed by atoms with Crippen LogP contribution in [-0.4, -0.2) is 45.6 Å². The summed E-state index contributed by atoms with van der Waals surface area (Å²) >= 11 is 0. The number of hydrogen-bond acceptors (Lipinski definition) is 6. The van der Waals surface area contributed by atoms with Gasteiger partial charge in [-0.25, -0.2) is 8.42 Å². The molecule has 0 unspecified atom stereocenters. The maximum atomic E-state index is 13.4. The first-order valence-electron chi connectivity index (χ1n) is 11.4. The van der Waals surface area contributed by atoms with Crippen LogP contribution in [0.5, 0.6) is 17.2 Å². The van der Waals surface area contributed by atoms with E-state index in [9.17, 15) is 13.2 Å². The van der Waals surface area contributed by atoms with Gasteiger partial charge in [-0.3, -0.25) is 9.52 Å². The van der Waals surface area contributed by atoms with Gasteiger partial charge in [0.2, 0.25) is 0 Å². The van der Waals surface area contributed by atoms with E-state index < -0.39 is 10.0 Å². The minimum absolute atomic E-state index is 0.0533. The van der Waals surface area contributed by atoms with Crippen LogP contribution in [0.3, 0.4) is 0 Å². The molecule has 9 heteroatoms. The largest absolute Gasteiger partial charge is 0.497 e. The minimum atomic E-state index is -3.89. The van der Waals surface area contributed by atoms with Gasteiger partial charge in [-0.2, -0.15) is 0 Å². The Labute approximate surface area is 204 Å². The van der Waals surface area contributed by atoms with Crippen LogP contribution in [0.15, 0.2) is 71.6 Å². The molecular weight excluding hydrogens is 468 g/mol. The van der Waals surface area contributed by atoms with Crippen molar-refractivity contribution in [2.45, 2.75) is 30.3 Å². The molecule has 1 amide bonds. The van der Waals surface area contributed by atoms with Crippen LogP contribution in [0.25, 0.3) is 0 Å². The molecule has 1 aliphatic carbocycles. The van der Waals surface area contributed by atoms with Gasteiger partial charge in [0.1, 0.15) is 19.0 Å². The number of ether oxygens (including phenoxy) is 3. The number of nitrogens with one attached hydrogen (secondary N) is 1. The number of amides is 1. The van der Waals surface area contributed by atoms with Crippen molar-refractivity contribution in [2.75, 3.05) is 25.0 Å². The van der Waals surface area contributed by atoms with Crippen molar-refractivity contribution in [3.05, 3.63) is 77.9 Å². The number of nitrogens with zero attached hydrogens (tertiary/aromatic N) is 1.